The molecule has 2 N–H and O–H groups in total. The highest BCUT2D eigenvalue weighted by Gasteiger charge is 2.40. The van der Waals surface area contributed by atoms with Crippen molar-refractivity contribution in [2.75, 3.05) is 0 Å². The van der Waals surface area contributed by atoms with Gasteiger partial charge >= 0.3 is 12.2 Å². The highest BCUT2D eigenvalue weighted by atomic mass is 32.2. The van der Waals surface area contributed by atoms with Crippen LogP contribution in [0.1, 0.15) is 12.0 Å². The molecule has 0 spiro atoms. The first-order valence-corrected chi connectivity index (χ1v) is 6.13. The minimum atomic E-state index is -5.53. The molecule has 0 fully saturated rings. The maximum Gasteiger partial charge on any atom is 0.573 e. The van der Waals surface area contributed by atoms with Crippen molar-refractivity contribution in [3.8, 4) is 5.75 Å². The molecule has 0 aliphatic carbocycles. The first-order valence-electron chi connectivity index (χ1n) is 4.59. The molecule has 0 bridgehead atoms. The second-order valence-corrected chi connectivity index (χ2v) is 4.86. The normalized spacial score (nSPS) is 12.5. The van der Waals surface area contributed by atoms with Gasteiger partial charge in [-0.3, -0.25) is 0 Å². The molecule has 0 aromatic carbocycles. The number of ether oxygens (including phenoxy) is 1. The number of nitrogens with two attached hydrogens (primary N) is 1. The minimum Gasteiger partial charge on any atom is -0.396 e. The van der Waals surface area contributed by atoms with Gasteiger partial charge in [-0.15, -0.1) is 13.2 Å². The molecule has 0 radical (unpaired) electrons. The van der Waals surface area contributed by atoms with E-state index in [1.54, 1.807) is 0 Å². The van der Waals surface area contributed by atoms with E-state index >= 15 is 0 Å². The first-order chi connectivity index (χ1) is 9.33. The summed E-state index contributed by atoms with van der Waals surface area (Å²) >= 11 is 0. The summed E-state index contributed by atoms with van der Waals surface area (Å²) < 4.78 is 86.7. The van der Waals surface area contributed by atoms with Crippen molar-refractivity contribution in [2.24, 2.45) is 5.14 Å². The number of pyridine rings is 1. The summed E-state index contributed by atoms with van der Waals surface area (Å²) in [5.41, 5.74) is -1.68. The van der Waals surface area contributed by atoms with Crippen LogP contribution >= 0.6 is 0 Å². The molecule has 0 unspecified atom stereocenters. The van der Waals surface area contributed by atoms with E-state index in [1.807, 2.05) is 0 Å². The summed E-state index contributed by atoms with van der Waals surface area (Å²) in [4.78, 5) is 11.7. The summed E-state index contributed by atoms with van der Waals surface area (Å²) in [7, 11) is -4.76. The van der Waals surface area contributed by atoms with Crippen LogP contribution in [0.15, 0.2) is 11.1 Å². The number of halogens is 5. The second kappa shape index (κ2) is 5.36. The van der Waals surface area contributed by atoms with Gasteiger partial charge in [0.25, 0.3) is 21.5 Å². The van der Waals surface area contributed by atoms with E-state index in [4.69, 9.17) is 0 Å². The smallest absolute Gasteiger partial charge is 0.396 e. The monoisotopic (exact) mass is 337 g/mol. The van der Waals surface area contributed by atoms with Crippen LogP contribution in [0.5, 0.6) is 5.75 Å². The van der Waals surface area contributed by atoms with Crippen molar-refractivity contribution in [3.05, 3.63) is 21.7 Å². The Morgan fingerprint density at radius 3 is 2.24 bits per heavy atom. The Balaban J connectivity index is 3.71. The maximum absolute atomic E-state index is 12.7. The maximum atomic E-state index is 12.7. The number of alkyl halides is 5. The van der Waals surface area contributed by atoms with Gasteiger partial charge in [0.2, 0.25) is 5.75 Å². The van der Waals surface area contributed by atoms with E-state index < -0.39 is 49.9 Å². The van der Waals surface area contributed by atoms with Gasteiger partial charge in [-0.2, -0.15) is 0 Å². The molecule has 1 aromatic heterocycles. The van der Waals surface area contributed by atoms with Crippen LogP contribution in [0.4, 0.5) is 27.8 Å². The van der Waals surface area contributed by atoms with Crippen LogP contribution < -0.4 is 9.88 Å². The zero-order valence-electron chi connectivity index (χ0n) is 9.47. The van der Waals surface area contributed by atoms with Crippen LogP contribution in [0.2, 0.25) is 0 Å². The Morgan fingerprint density at radius 1 is 1.38 bits per heavy atom. The minimum absolute atomic E-state index is 0.0337. The second-order valence-electron chi connectivity index (χ2n) is 3.35. The first kappa shape index (κ1) is 17.0. The molecule has 0 aliphatic heterocycles. The number of hydrogen-bond acceptors (Lipinski definition) is 6. The average Bonchev–Trinajstić information content (AvgIpc) is 2.24. The Morgan fingerprint density at radius 2 is 1.90 bits per heavy atom. The molecule has 0 atom stereocenters. The van der Waals surface area contributed by atoms with Crippen LogP contribution in [-0.2, 0) is 10.0 Å². The van der Waals surface area contributed by atoms with Gasteiger partial charge in [-0.25, -0.2) is 22.3 Å². The molecular formula is C7H4F5N3O5S. The van der Waals surface area contributed by atoms with Gasteiger partial charge < -0.3 is 14.9 Å². The molecular weight excluding hydrogens is 333 g/mol. The molecule has 0 aliphatic rings. The molecule has 1 heterocycles. The fourth-order valence-corrected chi connectivity index (χ4v) is 1.67. The molecule has 0 saturated heterocycles. The summed E-state index contributed by atoms with van der Waals surface area (Å²) in [5.74, 6) is -3.76. The number of primary sulfonamides is 1. The Kier molecular flexibility index (Phi) is 4.33. The third-order valence-corrected chi connectivity index (χ3v) is 2.67. The van der Waals surface area contributed by atoms with Crippen molar-refractivity contribution in [1.82, 2.24) is 4.98 Å². The predicted molar refractivity (Wildman–Crippen MR) is 53.9 cm³/mol. The van der Waals surface area contributed by atoms with Crippen molar-refractivity contribution in [1.29, 1.82) is 0 Å². The number of aromatic nitrogens is 1. The van der Waals surface area contributed by atoms with E-state index in [9.17, 15) is 40.5 Å². The summed E-state index contributed by atoms with van der Waals surface area (Å²) in [6.07, 6.45) is -9.23. The third kappa shape index (κ3) is 4.19. The molecule has 1 rings (SSSR count). The average molecular weight is 337 g/mol. The van der Waals surface area contributed by atoms with Crippen LogP contribution in [-0.4, -0.2) is 24.7 Å². The molecule has 0 saturated carbocycles. The fraction of sp³-hybridized carbons (Fsp3) is 0.286. The largest absolute Gasteiger partial charge is 0.573 e. The number of nitro groups is 1. The zero-order valence-corrected chi connectivity index (χ0v) is 10.3. The summed E-state index contributed by atoms with van der Waals surface area (Å²) in [5, 5.41) is 13.7. The summed E-state index contributed by atoms with van der Waals surface area (Å²) in [6.45, 7) is 0. The molecule has 14 heteroatoms. The Hall–Kier alpha value is -2.09. The molecule has 21 heavy (non-hydrogen) atoms. The van der Waals surface area contributed by atoms with Crippen molar-refractivity contribution in [3.63, 3.8) is 0 Å². The van der Waals surface area contributed by atoms with Crippen LogP contribution in [0.25, 0.3) is 0 Å². The highest BCUT2D eigenvalue weighted by Crippen LogP contribution is 2.39. The van der Waals surface area contributed by atoms with E-state index in [0.717, 1.165) is 0 Å². The van der Waals surface area contributed by atoms with Gasteiger partial charge in [0.1, 0.15) is 0 Å². The van der Waals surface area contributed by atoms with Crippen LogP contribution in [0, 0.1) is 10.1 Å². The van der Waals surface area contributed by atoms with Gasteiger partial charge in [0.05, 0.1) is 5.56 Å². The van der Waals surface area contributed by atoms with Crippen LogP contribution in [0.3, 0.4) is 0 Å². The number of sulfonamides is 1. The molecule has 8 nitrogen and oxygen atoms in total. The van der Waals surface area contributed by atoms with E-state index in [1.165, 1.54) is 0 Å². The van der Waals surface area contributed by atoms with Gasteiger partial charge in [-0.05, 0) is 9.91 Å². The van der Waals surface area contributed by atoms with Gasteiger partial charge in [-0.1, -0.05) is 0 Å². The molecule has 118 valence electrons. The lowest BCUT2D eigenvalue weighted by atomic mass is 10.2. The van der Waals surface area contributed by atoms with Crippen molar-refractivity contribution in [2.45, 2.75) is 17.8 Å². The summed E-state index contributed by atoms with van der Waals surface area (Å²) in [6, 6.07) is -0.0337. The molecule has 0 amide bonds. The standard InChI is InChI=1S/C7H4F5N3O5S/c8-5(9)2-1-3(21(13,18)19)14-6(15(16)17)4(2)20-7(10,11)12/h1,5H,(H2,13,18,19). The van der Waals surface area contributed by atoms with Crippen molar-refractivity contribution >= 4 is 15.8 Å². The number of hydrogen-bond donors (Lipinski definition) is 1. The number of rotatable bonds is 4. The lowest BCUT2D eigenvalue weighted by Gasteiger charge is -2.12. The zero-order chi connectivity index (χ0) is 16.6. The van der Waals surface area contributed by atoms with Crippen molar-refractivity contribution < 1.29 is 40.0 Å². The molecule has 1 aromatic rings. The van der Waals surface area contributed by atoms with Gasteiger partial charge in [0.15, 0.2) is 0 Å². The lowest BCUT2D eigenvalue weighted by Crippen LogP contribution is -2.21. The van der Waals surface area contributed by atoms with E-state index in [0.29, 0.717) is 0 Å². The fourth-order valence-electron chi connectivity index (χ4n) is 1.17. The highest BCUT2D eigenvalue weighted by molar-refractivity contribution is 7.89. The topological polar surface area (TPSA) is 125 Å². The predicted octanol–water partition coefficient (Wildman–Crippen LogP) is 1.47. The lowest BCUT2D eigenvalue weighted by molar-refractivity contribution is -0.393. The SMILES string of the molecule is NS(=O)(=O)c1cc(C(F)F)c(OC(F)(F)F)c([N+](=O)[O-])n1. The number of nitrogens with zero attached hydrogens (tertiary/aromatic N) is 2. The van der Waals surface area contributed by atoms with E-state index in [2.05, 4.69) is 14.9 Å². The Bertz CT molecular complexity index is 674. The Labute approximate surface area is 112 Å². The van der Waals surface area contributed by atoms with Gasteiger partial charge in [0, 0.05) is 6.07 Å². The quantitative estimate of drug-likeness (QED) is 0.504. The van der Waals surface area contributed by atoms with E-state index in [-0.39, 0.29) is 6.07 Å². The third-order valence-electron chi connectivity index (χ3n) is 1.88.